The van der Waals surface area contributed by atoms with Crippen molar-refractivity contribution < 1.29 is 4.74 Å². The highest BCUT2D eigenvalue weighted by atomic mass is 16.5. The number of nitrogens with two attached hydrogens (primary N) is 1. The zero-order chi connectivity index (χ0) is 13.9. The molecule has 3 rings (SSSR count). The molecule has 0 aliphatic carbocycles. The van der Waals surface area contributed by atoms with Crippen LogP contribution < -0.4 is 11.1 Å². The molecule has 8 heteroatoms. The molecule has 2 unspecified atom stereocenters. The van der Waals surface area contributed by atoms with Gasteiger partial charge in [-0.05, 0) is 13.3 Å². The number of nitrogens with zero attached hydrogens (tertiary/aromatic N) is 5. The summed E-state index contributed by atoms with van der Waals surface area (Å²) in [5.74, 6) is 1.57. The average Bonchev–Trinajstić information content (AvgIpc) is 3.12. The molecule has 1 aliphatic rings. The number of ether oxygens (including phenoxy) is 1. The van der Waals surface area contributed by atoms with E-state index >= 15 is 0 Å². The van der Waals surface area contributed by atoms with E-state index in [1.165, 1.54) is 0 Å². The van der Waals surface area contributed by atoms with Crippen LogP contribution in [-0.2, 0) is 4.74 Å². The summed E-state index contributed by atoms with van der Waals surface area (Å²) in [6.45, 7) is 3.68. The van der Waals surface area contributed by atoms with E-state index in [4.69, 9.17) is 10.5 Å². The number of aromatic nitrogens is 5. The summed E-state index contributed by atoms with van der Waals surface area (Å²) in [5, 5.41) is 3.27. The van der Waals surface area contributed by atoms with Gasteiger partial charge in [-0.3, -0.25) is 4.57 Å². The van der Waals surface area contributed by atoms with Crippen LogP contribution in [-0.4, -0.2) is 43.8 Å². The van der Waals surface area contributed by atoms with Crippen LogP contribution in [0, 0.1) is 5.92 Å². The number of hydrogen-bond donors (Lipinski definition) is 2. The van der Waals surface area contributed by atoms with Gasteiger partial charge in [0, 0.05) is 31.0 Å². The van der Waals surface area contributed by atoms with Gasteiger partial charge >= 0.3 is 0 Å². The molecule has 0 amide bonds. The van der Waals surface area contributed by atoms with Crippen molar-refractivity contribution in [2.75, 3.05) is 24.3 Å². The Hall–Kier alpha value is -2.22. The molecule has 2 aromatic heterocycles. The van der Waals surface area contributed by atoms with Crippen LogP contribution in [0.4, 0.5) is 11.9 Å². The summed E-state index contributed by atoms with van der Waals surface area (Å²) in [5.41, 5.74) is 5.73. The zero-order valence-electron chi connectivity index (χ0n) is 11.2. The van der Waals surface area contributed by atoms with Gasteiger partial charge in [-0.25, -0.2) is 4.98 Å². The summed E-state index contributed by atoms with van der Waals surface area (Å²) < 4.78 is 7.08. The first-order valence-corrected chi connectivity index (χ1v) is 6.56. The molecule has 8 nitrogen and oxygen atoms in total. The molecule has 20 heavy (non-hydrogen) atoms. The normalized spacial score (nSPS) is 19.9. The smallest absolute Gasteiger partial charge is 0.241 e. The first kappa shape index (κ1) is 12.8. The average molecular weight is 275 g/mol. The highest BCUT2D eigenvalue weighted by Gasteiger charge is 2.23. The quantitative estimate of drug-likeness (QED) is 0.836. The number of hydrogen-bond acceptors (Lipinski definition) is 7. The van der Waals surface area contributed by atoms with Crippen molar-refractivity contribution in [1.29, 1.82) is 0 Å². The maximum Gasteiger partial charge on any atom is 0.241 e. The summed E-state index contributed by atoms with van der Waals surface area (Å²) in [7, 11) is 0. The Balaban J connectivity index is 1.79. The fraction of sp³-hybridized carbons (Fsp3) is 0.500. The molecule has 0 aromatic carbocycles. The Morgan fingerprint density at radius 1 is 1.45 bits per heavy atom. The van der Waals surface area contributed by atoms with Gasteiger partial charge in [0.2, 0.25) is 17.8 Å². The second-order valence-corrected chi connectivity index (χ2v) is 4.84. The molecule has 0 radical (unpaired) electrons. The third-order valence-electron chi connectivity index (χ3n) is 3.41. The topological polar surface area (TPSA) is 104 Å². The number of anilines is 2. The molecule has 2 aromatic rings. The number of nitrogens with one attached hydrogen (secondary N) is 1. The van der Waals surface area contributed by atoms with E-state index in [0.29, 0.717) is 17.8 Å². The number of imidazole rings is 1. The van der Waals surface area contributed by atoms with Gasteiger partial charge < -0.3 is 15.8 Å². The maximum atomic E-state index is 5.73. The van der Waals surface area contributed by atoms with Gasteiger partial charge in [0.1, 0.15) is 6.33 Å². The Morgan fingerprint density at radius 3 is 3.05 bits per heavy atom. The van der Waals surface area contributed by atoms with E-state index in [-0.39, 0.29) is 12.0 Å². The fourth-order valence-electron chi connectivity index (χ4n) is 2.21. The first-order valence-electron chi connectivity index (χ1n) is 6.56. The Bertz CT molecular complexity index is 565. The predicted octanol–water partition coefficient (Wildman–Crippen LogP) is 0.476. The minimum atomic E-state index is 0.182. The van der Waals surface area contributed by atoms with E-state index in [0.717, 1.165) is 19.6 Å². The lowest BCUT2D eigenvalue weighted by Crippen LogP contribution is -2.27. The van der Waals surface area contributed by atoms with Crippen molar-refractivity contribution in [3.8, 4) is 5.95 Å². The molecule has 1 saturated heterocycles. The van der Waals surface area contributed by atoms with Crippen LogP contribution in [0.15, 0.2) is 18.7 Å². The van der Waals surface area contributed by atoms with E-state index in [1.54, 1.807) is 23.3 Å². The van der Waals surface area contributed by atoms with Gasteiger partial charge in [-0.15, -0.1) is 0 Å². The van der Waals surface area contributed by atoms with Gasteiger partial charge in [0.25, 0.3) is 0 Å². The van der Waals surface area contributed by atoms with Gasteiger partial charge in [0.05, 0.1) is 6.61 Å². The molecule has 1 fully saturated rings. The second-order valence-electron chi connectivity index (χ2n) is 4.84. The van der Waals surface area contributed by atoms with Crippen molar-refractivity contribution in [2.24, 2.45) is 5.92 Å². The largest absolute Gasteiger partial charge is 0.381 e. The van der Waals surface area contributed by atoms with Crippen LogP contribution in [0.1, 0.15) is 13.3 Å². The van der Waals surface area contributed by atoms with Crippen molar-refractivity contribution >= 4 is 11.9 Å². The summed E-state index contributed by atoms with van der Waals surface area (Å²) in [6.07, 6.45) is 6.08. The lowest BCUT2D eigenvalue weighted by molar-refractivity contribution is 0.183. The van der Waals surface area contributed by atoms with Crippen molar-refractivity contribution in [3.05, 3.63) is 18.7 Å². The first-order chi connectivity index (χ1) is 9.72. The van der Waals surface area contributed by atoms with Crippen molar-refractivity contribution in [1.82, 2.24) is 24.5 Å². The highest BCUT2D eigenvalue weighted by Crippen LogP contribution is 2.19. The molecule has 0 spiro atoms. The predicted molar refractivity (Wildman–Crippen MR) is 73.4 cm³/mol. The minimum absolute atomic E-state index is 0.182. The third kappa shape index (κ3) is 2.69. The number of nitrogen functional groups attached to an aromatic ring is 1. The molecular formula is C12H17N7O. The zero-order valence-corrected chi connectivity index (χ0v) is 11.2. The van der Waals surface area contributed by atoms with Crippen LogP contribution in [0.3, 0.4) is 0 Å². The Labute approximate surface area is 116 Å². The molecule has 3 N–H and O–H groups in total. The molecule has 106 valence electrons. The van der Waals surface area contributed by atoms with E-state index in [9.17, 15) is 0 Å². The van der Waals surface area contributed by atoms with Crippen LogP contribution in [0.2, 0.25) is 0 Å². The molecule has 2 atom stereocenters. The lowest BCUT2D eigenvalue weighted by Gasteiger charge is -2.19. The summed E-state index contributed by atoms with van der Waals surface area (Å²) >= 11 is 0. The standard InChI is InChI=1S/C12H17N7O/c1-8(9-2-5-20-6-9)15-11-16-10(13)17-12(18-11)19-4-3-14-7-19/h3-4,7-9H,2,5-6H2,1H3,(H3,13,15,16,17,18). The van der Waals surface area contributed by atoms with E-state index in [1.807, 2.05) is 0 Å². The lowest BCUT2D eigenvalue weighted by atomic mass is 10.0. The SMILES string of the molecule is CC(Nc1nc(N)nc(-n2ccnc2)n1)C1CCOC1. The summed E-state index contributed by atoms with van der Waals surface area (Å²) in [4.78, 5) is 16.5. The number of rotatable bonds is 4. The van der Waals surface area contributed by atoms with Crippen molar-refractivity contribution in [3.63, 3.8) is 0 Å². The molecule has 0 bridgehead atoms. The second kappa shape index (κ2) is 5.41. The molecular weight excluding hydrogens is 258 g/mol. The van der Waals surface area contributed by atoms with Gasteiger partial charge in [0.15, 0.2) is 0 Å². The summed E-state index contributed by atoms with van der Waals surface area (Å²) in [6, 6.07) is 0.218. The van der Waals surface area contributed by atoms with E-state index < -0.39 is 0 Å². The minimum Gasteiger partial charge on any atom is -0.381 e. The molecule has 3 heterocycles. The fourth-order valence-corrected chi connectivity index (χ4v) is 2.21. The maximum absolute atomic E-state index is 5.73. The highest BCUT2D eigenvalue weighted by molar-refractivity contribution is 5.36. The Morgan fingerprint density at radius 2 is 2.35 bits per heavy atom. The monoisotopic (exact) mass is 275 g/mol. The Kier molecular flexibility index (Phi) is 3.46. The van der Waals surface area contributed by atoms with E-state index in [2.05, 4.69) is 32.2 Å². The van der Waals surface area contributed by atoms with Crippen LogP contribution >= 0.6 is 0 Å². The molecule has 0 saturated carbocycles. The van der Waals surface area contributed by atoms with Crippen LogP contribution in [0.25, 0.3) is 5.95 Å². The van der Waals surface area contributed by atoms with Crippen LogP contribution in [0.5, 0.6) is 0 Å². The molecule has 1 aliphatic heterocycles. The van der Waals surface area contributed by atoms with Crippen molar-refractivity contribution in [2.45, 2.75) is 19.4 Å². The van der Waals surface area contributed by atoms with Gasteiger partial charge in [-0.1, -0.05) is 0 Å². The van der Waals surface area contributed by atoms with Gasteiger partial charge in [-0.2, -0.15) is 15.0 Å². The third-order valence-corrected chi connectivity index (χ3v) is 3.41.